The molecule has 0 fully saturated rings. The fourth-order valence-electron chi connectivity index (χ4n) is 8.98. The Morgan fingerprint density at radius 1 is 0.434 bits per heavy atom. The van der Waals surface area contributed by atoms with Crippen molar-refractivity contribution in [3.63, 3.8) is 0 Å². The molecule has 0 saturated carbocycles. The third kappa shape index (κ3) is 4.23. The first-order chi connectivity index (χ1) is 24.8. The van der Waals surface area contributed by atoms with Gasteiger partial charge in [-0.05, 0) is 104 Å². The van der Waals surface area contributed by atoms with Crippen molar-refractivity contribution in [2.45, 2.75) is 57.8 Å². The van der Waals surface area contributed by atoms with Gasteiger partial charge in [-0.1, -0.05) is 53.7 Å². The molecule has 53 heavy (non-hydrogen) atoms. The van der Waals surface area contributed by atoms with Crippen molar-refractivity contribution in [1.29, 1.82) is 0 Å². The molecular formula is C45H30F4O4. The number of carbonyl (C=O) groups is 4. The molecule has 0 unspecified atom stereocenters. The largest absolute Gasteiger partial charge is 0.285 e. The molecule has 0 N–H and O–H groups in total. The second-order valence-electron chi connectivity index (χ2n) is 16.1. The first-order valence-corrected chi connectivity index (χ1v) is 17.3. The Bertz CT molecular complexity index is 2510. The zero-order valence-corrected chi connectivity index (χ0v) is 29.6. The Balaban J connectivity index is 1.12. The zero-order valence-electron chi connectivity index (χ0n) is 29.6. The summed E-state index contributed by atoms with van der Waals surface area (Å²) >= 11 is 0. The molecule has 8 heteroatoms. The van der Waals surface area contributed by atoms with E-state index in [0.29, 0.717) is 12.1 Å². The molecule has 0 aromatic heterocycles. The number of ketones is 4. The molecule has 4 aromatic rings. The highest BCUT2D eigenvalue weighted by atomic mass is 19.1. The van der Waals surface area contributed by atoms with Gasteiger partial charge in [-0.2, -0.15) is 0 Å². The van der Waals surface area contributed by atoms with E-state index in [-0.39, 0.29) is 22.3 Å². The third-order valence-corrected chi connectivity index (χ3v) is 12.1. The van der Waals surface area contributed by atoms with Crippen molar-refractivity contribution >= 4 is 46.4 Å². The van der Waals surface area contributed by atoms with E-state index in [2.05, 4.69) is 38.1 Å². The van der Waals surface area contributed by atoms with Gasteiger partial charge in [0.2, 0.25) is 23.1 Å². The first kappa shape index (κ1) is 33.1. The molecule has 262 valence electrons. The van der Waals surface area contributed by atoms with E-state index in [0.717, 1.165) is 67.8 Å². The standard InChI is InChI=1S/C45H30F4O4/c1-43(2)21(11-29-27-13-23(46)15-35(48)37(27)41(52)39(29)50)7-19-9-33-25(17-31(19)43)26-18-32-20(10-34(26)45(33,5)6)8-22(44(32,3)4)12-30-28-14-24(47)16-36(49)38(28)42(53)40(30)51/h7-18H,1-6H3/b29-11-,30-12-. The number of allylic oxidation sites excluding steroid dienone is 6. The van der Waals surface area contributed by atoms with Crippen LogP contribution in [-0.4, -0.2) is 23.1 Å². The van der Waals surface area contributed by atoms with Crippen molar-refractivity contribution < 1.29 is 36.7 Å². The summed E-state index contributed by atoms with van der Waals surface area (Å²) in [6.45, 7) is 12.3. The van der Waals surface area contributed by atoms with Crippen molar-refractivity contribution in [3.8, 4) is 11.1 Å². The van der Waals surface area contributed by atoms with Crippen LogP contribution >= 0.6 is 0 Å². The molecule has 4 nitrogen and oxygen atoms in total. The predicted molar refractivity (Wildman–Crippen MR) is 193 cm³/mol. The lowest BCUT2D eigenvalue weighted by molar-refractivity contribution is -0.110. The minimum absolute atomic E-state index is 0.0350. The SMILES string of the molecule is CC1(C)C(/C=C2\C(=O)C(=O)c3c(F)cc(F)cc32)=Cc2cc3c(cc21)-c1cc2c(cc1C3(C)C)C=C(/C=C1\C(=O)C(=O)c3c(F)cc(F)cc31)C2(C)C. The Labute approximate surface area is 302 Å². The van der Waals surface area contributed by atoms with Crippen LogP contribution in [-0.2, 0) is 25.8 Å². The number of Topliss-reactive ketones (excluding diaryl/α,β-unsaturated/α-hetero) is 4. The average molecular weight is 711 g/mol. The van der Waals surface area contributed by atoms with Crippen molar-refractivity contribution in [1.82, 2.24) is 0 Å². The minimum Gasteiger partial charge on any atom is -0.285 e. The second-order valence-corrected chi connectivity index (χ2v) is 16.1. The highest BCUT2D eigenvalue weighted by Crippen LogP contribution is 2.56. The molecule has 0 aliphatic heterocycles. The van der Waals surface area contributed by atoms with Gasteiger partial charge in [-0.3, -0.25) is 19.2 Å². The fourth-order valence-corrected chi connectivity index (χ4v) is 8.98. The molecule has 0 amide bonds. The van der Waals surface area contributed by atoms with Gasteiger partial charge in [0.15, 0.2) is 0 Å². The highest BCUT2D eigenvalue weighted by Gasteiger charge is 2.44. The van der Waals surface area contributed by atoms with Gasteiger partial charge in [0.1, 0.15) is 23.3 Å². The van der Waals surface area contributed by atoms with Crippen molar-refractivity contribution in [2.24, 2.45) is 0 Å². The summed E-state index contributed by atoms with van der Waals surface area (Å²) in [7, 11) is 0. The smallest absolute Gasteiger partial charge is 0.237 e. The maximum Gasteiger partial charge on any atom is 0.237 e. The van der Waals surface area contributed by atoms with Gasteiger partial charge in [0, 0.05) is 50.7 Å². The van der Waals surface area contributed by atoms with Crippen LogP contribution in [0.3, 0.4) is 0 Å². The lowest BCUT2D eigenvalue weighted by atomic mass is 9.77. The predicted octanol–water partition coefficient (Wildman–Crippen LogP) is 9.60. The summed E-state index contributed by atoms with van der Waals surface area (Å²) in [5, 5.41) is 0. The Hall–Kier alpha value is -5.76. The molecule has 5 aliphatic rings. The fraction of sp³-hybridized carbons (Fsp3) is 0.200. The number of rotatable bonds is 2. The number of hydrogen-bond acceptors (Lipinski definition) is 4. The van der Waals surface area contributed by atoms with E-state index >= 15 is 0 Å². The molecule has 0 heterocycles. The summed E-state index contributed by atoms with van der Waals surface area (Å²) in [5.41, 5.74) is 6.86. The minimum atomic E-state index is -1.06. The average Bonchev–Trinajstić information content (AvgIpc) is 3.72. The summed E-state index contributed by atoms with van der Waals surface area (Å²) < 4.78 is 57.7. The number of fused-ring (bicyclic) bond motifs is 7. The van der Waals surface area contributed by atoms with Crippen LogP contribution in [0.25, 0.3) is 34.4 Å². The van der Waals surface area contributed by atoms with Gasteiger partial charge in [0.05, 0.1) is 11.1 Å². The lowest BCUT2D eigenvalue weighted by Gasteiger charge is -2.26. The summed E-state index contributed by atoms with van der Waals surface area (Å²) in [4.78, 5) is 51.5. The maximum atomic E-state index is 14.6. The van der Waals surface area contributed by atoms with Gasteiger partial charge < -0.3 is 0 Å². The molecular weight excluding hydrogens is 680 g/mol. The van der Waals surface area contributed by atoms with Crippen molar-refractivity contribution in [3.05, 3.63) is 151 Å². The molecule has 4 aromatic carbocycles. The van der Waals surface area contributed by atoms with Crippen LogP contribution in [0, 0.1) is 23.3 Å². The first-order valence-electron chi connectivity index (χ1n) is 17.3. The van der Waals surface area contributed by atoms with Crippen LogP contribution in [0.5, 0.6) is 0 Å². The third-order valence-electron chi connectivity index (χ3n) is 12.1. The van der Waals surface area contributed by atoms with E-state index in [4.69, 9.17) is 0 Å². The maximum absolute atomic E-state index is 14.6. The summed E-state index contributed by atoms with van der Waals surface area (Å²) in [5.74, 6) is -7.60. The Kier molecular flexibility index (Phi) is 6.38. The number of carbonyl (C=O) groups excluding carboxylic acids is 4. The number of benzene rings is 4. The van der Waals surface area contributed by atoms with Gasteiger partial charge in [-0.25, -0.2) is 17.6 Å². The number of halogens is 4. The van der Waals surface area contributed by atoms with Crippen molar-refractivity contribution in [2.75, 3.05) is 0 Å². The zero-order chi connectivity index (χ0) is 37.8. The molecule has 0 radical (unpaired) electrons. The molecule has 9 rings (SSSR count). The van der Waals surface area contributed by atoms with Crippen LogP contribution in [0.4, 0.5) is 17.6 Å². The Morgan fingerprint density at radius 3 is 1.19 bits per heavy atom. The van der Waals surface area contributed by atoms with E-state index < -0.39 is 73.8 Å². The molecule has 0 atom stereocenters. The van der Waals surface area contributed by atoms with E-state index in [9.17, 15) is 36.7 Å². The topological polar surface area (TPSA) is 68.3 Å². The van der Waals surface area contributed by atoms with Crippen LogP contribution in [0.1, 0.15) is 107 Å². The normalized spacial score (nSPS) is 20.8. The number of hydrogen-bond donors (Lipinski definition) is 0. The second kappa shape index (κ2) is 10.2. The summed E-state index contributed by atoms with van der Waals surface area (Å²) in [6, 6.07) is 11.9. The van der Waals surface area contributed by atoms with Crippen LogP contribution < -0.4 is 0 Å². The lowest BCUT2D eigenvalue weighted by Crippen LogP contribution is -2.19. The van der Waals surface area contributed by atoms with Crippen LogP contribution in [0.2, 0.25) is 0 Å². The quantitative estimate of drug-likeness (QED) is 0.118. The van der Waals surface area contributed by atoms with Crippen LogP contribution in [0.15, 0.2) is 71.8 Å². The monoisotopic (exact) mass is 710 g/mol. The van der Waals surface area contributed by atoms with E-state index in [1.807, 2.05) is 39.8 Å². The molecule has 0 spiro atoms. The highest BCUT2D eigenvalue weighted by molar-refractivity contribution is 6.63. The van der Waals surface area contributed by atoms with E-state index in [1.165, 1.54) is 0 Å². The summed E-state index contributed by atoms with van der Waals surface area (Å²) in [6.07, 6.45) is 7.08. The van der Waals surface area contributed by atoms with Gasteiger partial charge in [-0.15, -0.1) is 0 Å². The van der Waals surface area contributed by atoms with E-state index in [1.54, 1.807) is 12.2 Å². The van der Waals surface area contributed by atoms with Gasteiger partial charge in [0.25, 0.3) is 0 Å². The molecule has 0 saturated heterocycles. The Morgan fingerprint density at radius 2 is 0.811 bits per heavy atom. The molecule has 5 aliphatic carbocycles. The van der Waals surface area contributed by atoms with Gasteiger partial charge >= 0.3 is 0 Å². The molecule has 0 bridgehead atoms.